The Morgan fingerprint density at radius 3 is 2.65 bits per heavy atom. The van der Waals surface area contributed by atoms with E-state index in [9.17, 15) is 4.79 Å². The Kier molecular flexibility index (Phi) is 3.34. The largest absolute Gasteiger partial charge is 0.345 e. The van der Waals surface area contributed by atoms with E-state index < -0.39 is 0 Å². The minimum Gasteiger partial charge on any atom is -0.345 e. The molecule has 4 nitrogen and oxygen atoms in total. The molecule has 0 bridgehead atoms. The number of aromatic nitrogens is 2. The number of amides is 1. The minimum atomic E-state index is -0.224. The fourth-order valence-corrected chi connectivity index (χ4v) is 3.10. The van der Waals surface area contributed by atoms with Crippen LogP contribution in [0.1, 0.15) is 18.4 Å². The van der Waals surface area contributed by atoms with Gasteiger partial charge in [0.1, 0.15) is 6.54 Å². The molecule has 0 radical (unpaired) electrons. The average molecular weight is 326 g/mol. The van der Waals surface area contributed by atoms with E-state index in [0.29, 0.717) is 5.02 Å². The number of carbonyl (C=O) groups is 1. The van der Waals surface area contributed by atoms with Crippen LogP contribution in [0.2, 0.25) is 5.02 Å². The lowest BCUT2D eigenvalue weighted by Crippen LogP contribution is -2.37. The molecule has 1 saturated carbocycles. The number of nitrogens with one attached hydrogen (secondary N) is 1. The van der Waals surface area contributed by atoms with Crippen molar-refractivity contribution < 1.29 is 4.79 Å². The van der Waals surface area contributed by atoms with Gasteiger partial charge in [0.25, 0.3) is 0 Å². The number of rotatable bonds is 4. The van der Waals surface area contributed by atoms with Crippen molar-refractivity contribution in [1.82, 2.24) is 14.9 Å². The van der Waals surface area contributed by atoms with E-state index in [1.807, 2.05) is 53.1 Å². The van der Waals surface area contributed by atoms with Gasteiger partial charge in [0.15, 0.2) is 0 Å². The molecule has 0 saturated heterocycles. The summed E-state index contributed by atoms with van der Waals surface area (Å²) in [4.78, 5) is 16.8. The van der Waals surface area contributed by atoms with Gasteiger partial charge in [0.05, 0.1) is 22.9 Å². The molecule has 1 aliphatic carbocycles. The number of nitrogens with zero attached hydrogens (tertiary/aromatic N) is 2. The van der Waals surface area contributed by atoms with Crippen LogP contribution in [0.5, 0.6) is 0 Å². The van der Waals surface area contributed by atoms with Crippen LogP contribution in [0.3, 0.4) is 0 Å². The Labute approximate surface area is 139 Å². The standard InChI is InChI=1S/C18H16ClN3O/c19-14-7-5-13(6-8-14)18(9-10-18)21-17(23)11-22-12-20-15-3-1-2-4-16(15)22/h1-8,12H,9-11H2,(H,21,23). The molecular weight excluding hydrogens is 310 g/mol. The summed E-state index contributed by atoms with van der Waals surface area (Å²) in [6.07, 6.45) is 3.64. The molecule has 23 heavy (non-hydrogen) atoms. The Bertz CT molecular complexity index is 865. The zero-order valence-electron chi connectivity index (χ0n) is 12.5. The first-order chi connectivity index (χ1) is 11.2. The van der Waals surface area contributed by atoms with E-state index in [-0.39, 0.29) is 18.0 Å². The highest BCUT2D eigenvalue weighted by molar-refractivity contribution is 6.30. The summed E-state index contributed by atoms with van der Waals surface area (Å²) < 4.78 is 1.88. The van der Waals surface area contributed by atoms with Crippen LogP contribution in [0.4, 0.5) is 0 Å². The number of imidazole rings is 1. The summed E-state index contributed by atoms with van der Waals surface area (Å²) in [5, 5.41) is 3.88. The van der Waals surface area contributed by atoms with Crippen molar-refractivity contribution in [3.63, 3.8) is 0 Å². The Hall–Kier alpha value is -2.33. The molecule has 0 aliphatic heterocycles. The number of carbonyl (C=O) groups excluding carboxylic acids is 1. The van der Waals surface area contributed by atoms with Crippen LogP contribution in [-0.2, 0) is 16.9 Å². The van der Waals surface area contributed by atoms with E-state index in [1.54, 1.807) is 6.33 Å². The maximum atomic E-state index is 12.5. The zero-order chi connectivity index (χ0) is 15.9. The third kappa shape index (κ3) is 2.70. The van der Waals surface area contributed by atoms with Crippen LogP contribution >= 0.6 is 11.6 Å². The van der Waals surface area contributed by atoms with Crippen molar-refractivity contribution in [1.29, 1.82) is 0 Å². The summed E-state index contributed by atoms with van der Waals surface area (Å²) in [7, 11) is 0. The van der Waals surface area contributed by atoms with Crippen LogP contribution in [-0.4, -0.2) is 15.5 Å². The van der Waals surface area contributed by atoms with Crippen LogP contribution < -0.4 is 5.32 Å². The van der Waals surface area contributed by atoms with Crippen molar-refractivity contribution >= 4 is 28.5 Å². The third-order valence-corrected chi connectivity index (χ3v) is 4.62. The second kappa shape index (κ2) is 5.39. The smallest absolute Gasteiger partial charge is 0.240 e. The van der Waals surface area contributed by atoms with Crippen molar-refractivity contribution in [3.05, 3.63) is 65.4 Å². The predicted octanol–water partition coefficient (Wildman–Crippen LogP) is 3.50. The zero-order valence-corrected chi connectivity index (χ0v) is 13.3. The highest BCUT2D eigenvalue weighted by atomic mass is 35.5. The first-order valence-electron chi connectivity index (χ1n) is 7.63. The van der Waals surface area contributed by atoms with Gasteiger partial charge in [0, 0.05) is 5.02 Å². The first-order valence-corrected chi connectivity index (χ1v) is 8.01. The summed E-state index contributed by atoms with van der Waals surface area (Å²) >= 11 is 5.94. The highest BCUT2D eigenvalue weighted by Gasteiger charge is 2.45. The Morgan fingerprint density at radius 1 is 1.17 bits per heavy atom. The normalized spacial score (nSPS) is 15.5. The number of hydrogen-bond donors (Lipinski definition) is 1. The van der Waals surface area contributed by atoms with Gasteiger partial charge in [-0.15, -0.1) is 0 Å². The van der Waals surface area contributed by atoms with Crippen LogP contribution in [0.25, 0.3) is 11.0 Å². The molecule has 2 aromatic carbocycles. The van der Waals surface area contributed by atoms with E-state index in [0.717, 1.165) is 29.4 Å². The number of para-hydroxylation sites is 2. The molecule has 0 spiro atoms. The van der Waals surface area contributed by atoms with Gasteiger partial charge >= 0.3 is 0 Å². The van der Waals surface area contributed by atoms with Gasteiger partial charge < -0.3 is 9.88 Å². The lowest BCUT2D eigenvalue weighted by atomic mass is 10.1. The van der Waals surface area contributed by atoms with Gasteiger partial charge in [0.2, 0.25) is 5.91 Å². The topological polar surface area (TPSA) is 46.9 Å². The van der Waals surface area contributed by atoms with Crippen molar-refractivity contribution in [3.8, 4) is 0 Å². The molecule has 1 N–H and O–H groups in total. The quantitative estimate of drug-likeness (QED) is 0.798. The molecule has 3 aromatic rings. The molecule has 1 amide bonds. The second-order valence-electron chi connectivity index (χ2n) is 6.00. The van der Waals surface area contributed by atoms with E-state index in [1.165, 1.54) is 0 Å². The molecule has 1 heterocycles. The average Bonchev–Trinajstić information content (AvgIpc) is 3.22. The van der Waals surface area contributed by atoms with Gasteiger partial charge in [-0.25, -0.2) is 4.98 Å². The van der Waals surface area contributed by atoms with E-state index in [2.05, 4.69) is 10.3 Å². The molecule has 0 unspecified atom stereocenters. The van der Waals surface area contributed by atoms with Gasteiger partial charge in [-0.3, -0.25) is 4.79 Å². The number of hydrogen-bond acceptors (Lipinski definition) is 2. The number of halogens is 1. The SMILES string of the molecule is O=C(Cn1cnc2ccccc21)NC1(c2ccc(Cl)cc2)CC1. The fourth-order valence-electron chi connectivity index (χ4n) is 2.98. The minimum absolute atomic E-state index is 0.000558. The molecule has 1 aromatic heterocycles. The Balaban J connectivity index is 1.51. The molecule has 5 heteroatoms. The molecule has 1 aliphatic rings. The predicted molar refractivity (Wildman–Crippen MR) is 90.2 cm³/mol. The molecule has 0 atom stereocenters. The van der Waals surface area contributed by atoms with E-state index in [4.69, 9.17) is 11.6 Å². The van der Waals surface area contributed by atoms with Crippen molar-refractivity contribution in [2.45, 2.75) is 24.9 Å². The summed E-state index contributed by atoms with van der Waals surface area (Å²) in [5.41, 5.74) is 2.77. The third-order valence-electron chi connectivity index (χ3n) is 4.37. The molecule has 116 valence electrons. The van der Waals surface area contributed by atoms with Gasteiger partial charge in [-0.1, -0.05) is 35.9 Å². The molecule has 1 fully saturated rings. The molecule has 4 rings (SSSR count). The lowest BCUT2D eigenvalue weighted by Gasteiger charge is -2.18. The lowest BCUT2D eigenvalue weighted by molar-refractivity contribution is -0.122. The summed E-state index contributed by atoms with van der Waals surface area (Å²) in [6, 6.07) is 15.5. The van der Waals surface area contributed by atoms with Gasteiger partial charge in [-0.05, 0) is 42.7 Å². The Morgan fingerprint density at radius 2 is 1.91 bits per heavy atom. The number of benzene rings is 2. The van der Waals surface area contributed by atoms with E-state index >= 15 is 0 Å². The highest BCUT2D eigenvalue weighted by Crippen LogP contribution is 2.45. The monoisotopic (exact) mass is 325 g/mol. The van der Waals surface area contributed by atoms with Crippen LogP contribution in [0.15, 0.2) is 54.9 Å². The maximum absolute atomic E-state index is 12.5. The maximum Gasteiger partial charge on any atom is 0.240 e. The summed E-state index contributed by atoms with van der Waals surface area (Å²) in [6.45, 7) is 0.274. The summed E-state index contributed by atoms with van der Waals surface area (Å²) in [5.74, 6) is 0.000558. The van der Waals surface area contributed by atoms with Gasteiger partial charge in [-0.2, -0.15) is 0 Å². The van der Waals surface area contributed by atoms with Crippen molar-refractivity contribution in [2.75, 3.05) is 0 Å². The fraction of sp³-hybridized carbons (Fsp3) is 0.222. The number of fused-ring (bicyclic) bond motifs is 1. The molecular formula is C18H16ClN3O. The first kappa shape index (κ1) is 14.3. The van der Waals surface area contributed by atoms with Crippen LogP contribution in [0, 0.1) is 0 Å². The second-order valence-corrected chi connectivity index (χ2v) is 6.43. The van der Waals surface area contributed by atoms with Crippen molar-refractivity contribution in [2.24, 2.45) is 0 Å².